The first-order valence-corrected chi connectivity index (χ1v) is 6.53. The molecule has 1 aromatic heterocycles. The number of aryl methyl sites for hydroxylation is 2. The van der Waals surface area contributed by atoms with Crippen LogP contribution in [0.15, 0.2) is 6.07 Å². The van der Waals surface area contributed by atoms with Crippen molar-refractivity contribution in [2.75, 3.05) is 6.61 Å². The number of nitrogens with zero attached hydrogens (tertiary/aromatic N) is 1. The van der Waals surface area contributed by atoms with E-state index >= 15 is 0 Å². The lowest BCUT2D eigenvalue weighted by Crippen LogP contribution is -2.18. The molecule has 0 fully saturated rings. The van der Waals surface area contributed by atoms with E-state index in [-0.39, 0.29) is 0 Å². The monoisotopic (exact) mass is 248 g/mol. The molecule has 0 unspecified atom stereocenters. The van der Waals surface area contributed by atoms with Crippen LogP contribution in [0.5, 0.6) is 5.88 Å². The number of pyridine rings is 1. The third-order valence-electron chi connectivity index (χ3n) is 3.08. The standard InChI is InChI=1S/C14H20N2O2/c1-9(2)8-18-14-11(13(15)17)7-10-5-3-4-6-12(10)16-14/h7,9H,3-6,8H2,1-2H3,(H2,15,17). The molecule has 2 N–H and O–H groups in total. The lowest BCUT2D eigenvalue weighted by atomic mass is 9.95. The Morgan fingerprint density at radius 2 is 2.17 bits per heavy atom. The van der Waals surface area contributed by atoms with Gasteiger partial charge in [0.2, 0.25) is 5.88 Å². The van der Waals surface area contributed by atoms with Gasteiger partial charge in [-0.05, 0) is 43.2 Å². The van der Waals surface area contributed by atoms with E-state index in [1.165, 1.54) is 0 Å². The summed E-state index contributed by atoms with van der Waals surface area (Å²) < 4.78 is 5.61. The maximum atomic E-state index is 11.5. The molecule has 0 bridgehead atoms. The summed E-state index contributed by atoms with van der Waals surface area (Å²) in [6.07, 6.45) is 4.25. The summed E-state index contributed by atoms with van der Waals surface area (Å²) in [4.78, 5) is 15.9. The zero-order valence-corrected chi connectivity index (χ0v) is 11.0. The van der Waals surface area contributed by atoms with Crippen molar-refractivity contribution in [2.45, 2.75) is 39.5 Å². The first-order valence-electron chi connectivity index (χ1n) is 6.53. The third kappa shape index (κ3) is 2.81. The van der Waals surface area contributed by atoms with E-state index in [1.807, 2.05) is 6.07 Å². The van der Waals surface area contributed by atoms with E-state index in [4.69, 9.17) is 10.5 Å². The number of hydrogen-bond donors (Lipinski definition) is 1. The summed E-state index contributed by atoms with van der Waals surface area (Å²) in [5.41, 5.74) is 8.01. The number of nitrogens with two attached hydrogens (primary N) is 1. The molecule has 98 valence electrons. The van der Waals surface area contributed by atoms with Crippen molar-refractivity contribution in [3.8, 4) is 5.88 Å². The van der Waals surface area contributed by atoms with Gasteiger partial charge in [0, 0.05) is 5.69 Å². The molecule has 0 saturated carbocycles. The number of fused-ring (bicyclic) bond motifs is 1. The highest BCUT2D eigenvalue weighted by Crippen LogP contribution is 2.26. The van der Waals surface area contributed by atoms with Gasteiger partial charge in [-0.2, -0.15) is 0 Å². The number of primary amides is 1. The first-order chi connectivity index (χ1) is 8.58. The summed E-state index contributed by atoms with van der Waals surface area (Å²) in [5.74, 6) is 0.329. The van der Waals surface area contributed by atoms with Crippen LogP contribution in [0.2, 0.25) is 0 Å². The number of hydrogen-bond acceptors (Lipinski definition) is 3. The SMILES string of the molecule is CC(C)COc1nc2c(cc1C(N)=O)CCCC2. The molecule has 0 saturated heterocycles. The van der Waals surface area contributed by atoms with Crippen molar-refractivity contribution in [1.82, 2.24) is 4.98 Å². The van der Waals surface area contributed by atoms with Gasteiger partial charge < -0.3 is 10.5 Å². The second-order valence-corrected chi connectivity index (χ2v) is 5.22. The van der Waals surface area contributed by atoms with Gasteiger partial charge >= 0.3 is 0 Å². The van der Waals surface area contributed by atoms with Crippen molar-refractivity contribution in [2.24, 2.45) is 11.7 Å². The zero-order valence-electron chi connectivity index (χ0n) is 11.0. The van der Waals surface area contributed by atoms with E-state index in [0.717, 1.165) is 36.9 Å². The molecular weight excluding hydrogens is 228 g/mol. The number of amides is 1. The average molecular weight is 248 g/mol. The molecule has 0 atom stereocenters. The highest BCUT2D eigenvalue weighted by Gasteiger charge is 2.18. The van der Waals surface area contributed by atoms with Gasteiger partial charge in [0.25, 0.3) is 5.91 Å². The van der Waals surface area contributed by atoms with Crippen LogP contribution in [0.3, 0.4) is 0 Å². The molecule has 2 rings (SSSR count). The predicted molar refractivity (Wildman–Crippen MR) is 69.7 cm³/mol. The van der Waals surface area contributed by atoms with Crippen molar-refractivity contribution < 1.29 is 9.53 Å². The van der Waals surface area contributed by atoms with Crippen molar-refractivity contribution in [3.63, 3.8) is 0 Å². The summed E-state index contributed by atoms with van der Waals surface area (Å²) in [7, 11) is 0. The lowest BCUT2D eigenvalue weighted by molar-refractivity contribution is 0.0994. The third-order valence-corrected chi connectivity index (χ3v) is 3.08. The van der Waals surface area contributed by atoms with E-state index in [9.17, 15) is 4.79 Å². The van der Waals surface area contributed by atoms with E-state index in [1.54, 1.807) is 0 Å². The van der Waals surface area contributed by atoms with Crippen LogP contribution in [0.4, 0.5) is 0 Å². The number of aromatic nitrogens is 1. The summed E-state index contributed by atoms with van der Waals surface area (Å²) in [6, 6.07) is 1.86. The van der Waals surface area contributed by atoms with Crippen LogP contribution >= 0.6 is 0 Å². The van der Waals surface area contributed by atoms with E-state index in [0.29, 0.717) is 24.0 Å². The van der Waals surface area contributed by atoms with Gasteiger partial charge in [-0.3, -0.25) is 4.79 Å². The molecule has 1 aromatic rings. The van der Waals surface area contributed by atoms with Crippen LogP contribution in [0.1, 0.15) is 48.3 Å². The van der Waals surface area contributed by atoms with Crippen LogP contribution in [-0.2, 0) is 12.8 Å². The van der Waals surface area contributed by atoms with Gasteiger partial charge in [0.15, 0.2) is 0 Å². The van der Waals surface area contributed by atoms with Crippen molar-refractivity contribution in [3.05, 3.63) is 22.9 Å². The number of ether oxygens (including phenoxy) is 1. The summed E-state index contributed by atoms with van der Waals surface area (Å²) >= 11 is 0. The molecular formula is C14H20N2O2. The fourth-order valence-electron chi connectivity index (χ4n) is 2.15. The van der Waals surface area contributed by atoms with Gasteiger partial charge in [-0.25, -0.2) is 4.98 Å². The Morgan fingerprint density at radius 3 is 2.83 bits per heavy atom. The van der Waals surface area contributed by atoms with E-state index < -0.39 is 5.91 Å². The number of carbonyl (C=O) groups is 1. The molecule has 1 amide bonds. The fraction of sp³-hybridized carbons (Fsp3) is 0.571. The maximum absolute atomic E-state index is 11.5. The summed E-state index contributed by atoms with van der Waals surface area (Å²) in [5, 5.41) is 0. The minimum absolute atomic E-state index is 0.392. The Labute approximate surface area is 108 Å². The molecule has 0 aromatic carbocycles. The van der Waals surface area contributed by atoms with Crippen molar-refractivity contribution in [1.29, 1.82) is 0 Å². The first kappa shape index (κ1) is 12.9. The molecule has 1 heterocycles. The van der Waals surface area contributed by atoms with Crippen LogP contribution in [0, 0.1) is 5.92 Å². The minimum Gasteiger partial charge on any atom is -0.477 e. The Balaban J connectivity index is 2.33. The molecule has 0 spiro atoms. The maximum Gasteiger partial charge on any atom is 0.254 e. The quantitative estimate of drug-likeness (QED) is 0.887. The zero-order chi connectivity index (χ0) is 13.1. The second kappa shape index (κ2) is 5.38. The van der Waals surface area contributed by atoms with Crippen molar-refractivity contribution >= 4 is 5.91 Å². The molecule has 0 aliphatic heterocycles. The van der Waals surface area contributed by atoms with Gasteiger partial charge in [-0.15, -0.1) is 0 Å². The normalized spacial score (nSPS) is 14.4. The Morgan fingerprint density at radius 1 is 1.44 bits per heavy atom. The smallest absolute Gasteiger partial charge is 0.254 e. The Hall–Kier alpha value is -1.58. The second-order valence-electron chi connectivity index (χ2n) is 5.22. The Bertz CT molecular complexity index is 455. The van der Waals surface area contributed by atoms with Crippen LogP contribution < -0.4 is 10.5 Å². The molecule has 1 aliphatic rings. The highest BCUT2D eigenvalue weighted by atomic mass is 16.5. The molecule has 4 heteroatoms. The van der Waals surface area contributed by atoms with Crippen LogP contribution in [-0.4, -0.2) is 17.5 Å². The van der Waals surface area contributed by atoms with Gasteiger partial charge in [0.05, 0.1) is 6.61 Å². The number of carbonyl (C=O) groups excluding carboxylic acids is 1. The molecule has 18 heavy (non-hydrogen) atoms. The molecule has 4 nitrogen and oxygen atoms in total. The minimum atomic E-state index is -0.463. The predicted octanol–water partition coefficient (Wildman–Crippen LogP) is 2.09. The topological polar surface area (TPSA) is 65.2 Å². The van der Waals surface area contributed by atoms with Crippen LogP contribution in [0.25, 0.3) is 0 Å². The number of rotatable bonds is 4. The summed E-state index contributed by atoms with van der Waals surface area (Å²) in [6.45, 7) is 4.66. The highest BCUT2D eigenvalue weighted by molar-refractivity contribution is 5.95. The largest absolute Gasteiger partial charge is 0.477 e. The van der Waals surface area contributed by atoms with E-state index in [2.05, 4.69) is 18.8 Å². The average Bonchev–Trinajstić information content (AvgIpc) is 2.35. The van der Waals surface area contributed by atoms with Gasteiger partial charge in [0.1, 0.15) is 5.56 Å². The van der Waals surface area contributed by atoms with Gasteiger partial charge in [-0.1, -0.05) is 13.8 Å². The Kier molecular flexibility index (Phi) is 3.84. The lowest BCUT2D eigenvalue weighted by Gasteiger charge is -2.18. The molecule has 1 aliphatic carbocycles. The fourth-order valence-corrected chi connectivity index (χ4v) is 2.15. The molecule has 0 radical (unpaired) electrons.